The van der Waals surface area contributed by atoms with Crippen molar-refractivity contribution in [2.24, 2.45) is 0 Å². The monoisotopic (exact) mass is 305 g/mol. The minimum Gasteiger partial charge on any atom is -0.419 e. The Hall–Kier alpha value is -0.893. The van der Waals surface area contributed by atoms with E-state index in [0.717, 1.165) is 6.42 Å². The molecule has 0 rings (SSSR count). The molecule has 0 aromatic heterocycles. The first-order valence-electron chi connectivity index (χ1n) is 7.11. The van der Waals surface area contributed by atoms with Gasteiger partial charge >= 0.3 is 14.9 Å². The maximum atomic E-state index is 11.2. The van der Waals surface area contributed by atoms with E-state index in [9.17, 15) is 4.79 Å². The number of hydrogen-bond donors (Lipinski definition) is 1. The first-order chi connectivity index (χ1) is 9.64. The predicted octanol–water partition coefficient (Wildman–Crippen LogP) is 2.68. The van der Waals surface area contributed by atoms with Crippen LogP contribution in [-0.4, -0.2) is 41.3 Å². The first-order valence-corrected chi connectivity index (χ1v) is 9.04. The van der Waals surface area contributed by atoms with Crippen molar-refractivity contribution in [3.8, 4) is 0 Å². The van der Waals surface area contributed by atoms with Crippen LogP contribution in [0.5, 0.6) is 0 Å². The maximum absolute atomic E-state index is 11.2. The van der Waals surface area contributed by atoms with Crippen LogP contribution in [0.4, 0.5) is 4.79 Å². The molecule has 20 heavy (non-hydrogen) atoms. The average molecular weight is 305 g/mol. The molecule has 0 unspecified atom stereocenters. The second kappa shape index (κ2) is 11.9. The number of nitrogens with one attached hydrogen (secondary N) is 1. The highest BCUT2D eigenvalue weighted by Crippen LogP contribution is 2.17. The van der Waals surface area contributed by atoms with Crippen LogP contribution in [0.2, 0.25) is 6.04 Å². The molecule has 0 bridgehead atoms. The molecule has 0 saturated heterocycles. The van der Waals surface area contributed by atoms with Gasteiger partial charge in [0, 0.05) is 32.4 Å². The van der Waals surface area contributed by atoms with Crippen LogP contribution in [-0.2, 0) is 18.0 Å². The molecule has 1 amide bonds. The number of amides is 1. The van der Waals surface area contributed by atoms with Crippen molar-refractivity contribution in [2.75, 3.05) is 26.4 Å². The van der Waals surface area contributed by atoms with E-state index in [4.69, 9.17) is 18.0 Å². The molecule has 0 aliphatic heterocycles. The van der Waals surface area contributed by atoms with Crippen molar-refractivity contribution in [3.05, 3.63) is 12.3 Å². The van der Waals surface area contributed by atoms with Gasteiger partial charge in [-0.2, -0.15) is 0 Å². The summed E-state index contributed by atoms with van der Waals surface area (Å²) in [5.41, 5.74) is 0. The minimum atomic E-state index is -2.60. The van der Waals surface area contributed by atoms with E-state index >= 15 is 0 Å². The molecule has 0 aromatic carbocycles. The number of alkyl carbamates (subject to hydrolysis) is 1. The lowest BCUT2D eigenvalue weighted by atomic mass is 10.5. The average Bonchev–Trinajstić information content (AvgIpc) is 2.42. The van der Waals surface area contributed by atoms with E-state index in [1.54, 1.807) is 13.0 Å². The van der Waals surface area contributed by atoms with Crippen molar-refractivity contribution >= 4 is 14.9 Å². The fourth-order valence-corrected chi connectivity index (χ4v) is 4.28. The Morgan fingerprint density at radius 2 is 1.65 bits per heavy atom. The molecular formula is C13H27NO5Si. The molecule has 6 nitrogen and oxygen atoms in total. The van der Waals surface area contributed by atoms with E-state index in [1.807, 2.05) is 20.8 Å². The smallest absolute Gasteiger partial charge is 0.419 e. The largest absolute Gasteiger partial charge is 0.500 e. The molecule has 0 aliphatic carbocycles. The van der Waals surface area contributed by atoms with Gasteiger partial charge in [-0.15, -0.1) is 0 Å². The van der Waals surface area contributed by atoms with Gasteiger partial charge in [-0.05, 0) is 34.1 Å². The lowest BCUT2D eigenvalue weighted by molar-refractivity contribution is 0.0707. The van der Waals surface area contributed by atoms with E-state index in [2.05, 4.69) is 5.32 Å². The summed E-state index contributed by atoms with van der Waals surface area (Å²) < 4.78 is 21.9. The van der Waals surface area contributed by atoms with Gasteiger partial charge in [0.15, 0.2) is 0 Å². The van der Waals surface area contributed by atoms with Gasteiger partial charge in [0.2, 0.25) is 0 Å². The highest BCUT2D eigenvalue weighted by Gasteiger charge is 2.39. The Morgan fingerprint density at radius 3 is 2.10 bits per heavy atom. The van der Waals surface area contributed by atoms with Crippen molar-refractivity contribution in [3.63, 3.8) is 0 Å². The number of carbonyl (C=O) groups excluding carboxylic acids is 1. The fraction of sp³-hybridized carbons (Fsp3) is 0.769. The Kier molecular flexibility index (Phi) is 11.4. The maximum Gasteiger partial charge on any atom is 0.500 e. The normalized spacial score (nSPS) is 11.8. The quantitative estimate of drug-likeness (QED) is 0.361. The Labute approximate surface area is 122 Å². The van der Waals surface area contributed by atoms with Crippen LogP contribution in [0.25, 0.3) is 0 Å². The standard InChI is InChI=1S/C13H27NO5Si/c1-5-11-16-13(15)14-10-9-12-20(17-6-2,18-7-3)19-8-4/h5,11H,6-10,12H2,1-4H3,(H,14,15). The van der Waals surface area contributed by atoms with Crippen LogP contribution < -0.4 is 5.32 Å². The number of carbonyl (C=O) groups is 1. The zero-order valence-corrected chi connectivity index (χ0v) is 13.9. The van der Waals surface area contributed by atoms with Crippen molar-refractivity contribution in [1.29, 1.82) is 0 Å². The van der Waals surface area contributed by atoms with Crippen molar-refractivity contribution in [1.82, 2.24) is 5.32 Å². The Balaban J connectivity index is 4.14. The lowest BCUT2D eigenvalue weighted by Gasteiger charge is -2.28. The third-order valence-electron chi connectivity index (χ3n) is 2.33. The molecule has 118 valence electrons. The zero-order valence-electron chi connectivity index (χ0n) is 12.9. The molecule has 0 fully saturated rings. The van der Waals surface area contributed by atoms with Gasteiger partial charge in [0.1, 0.15) is 0 Å². The van der Waals surface area contributed by atoms with E-state index in [-0.39, 0.29) is 0 Å². The van der Waals surface area contributed by atoms with Crippen molar-refractivity contribution < 1.29 is 22.8 Å². The van der Waals surface area contributed by atoms with Gasteiger partial charge in [-0.25, -0.2) is 4.79 Å². The molecule has 0 radical (unpaired) electrons. The van der Waals surface area contributed by atoms with Crippen LogP contribution >= 0.6 is 0 Å². The highest BCUT2D eigenvalue weighted by molar-refractivity contribution is 6.60. The third kappa shape index (κ3) is 8.31. The molecule has 0 aliphatic rings. The Bertz CT molecular complexity index is 269. The van der Waals surface area contributed by atoms with Gasteiger partial charge < -0.3 is 23.3 Å². The molecule has 1 N–H and O–H groups in total. The first kappa shape index (κ1) is 19.1. The van der Waals surface area contributed by atoms with E-state index in [0.29, 0.717) is 32.4 Å². The SMILES string of the molecule is CC=COC(=O)NCCC[Si](OCC)(OCC)OCC. The number of rotatable bonds is 11. The van der Waals surface area contributed by atoms with Crippen LogP contribution in [0.3, 0.4) is 0 Å². The number of ether oxygens (including phenoxy) is 1. The fourth-order valence-electron chi connectivity index (χ4n) is 1.67. The lowest BCUT2D eigenvalue weighted by Crippen LogP contribution is -2.46. The van der Waals surface area contributed by atoms with Crippen LogP contribution in [0.15, 0.2) is 12.3 Å². The third-order valence-corrected chi connectivity index (χ3v) is 5.48. The van der Waals surface area contributed by atoms with E-state index < -0.39 is 14.9 Å². The summed E-state index contributed by atoms with van der Waals surface area (Å²) in [6.45, 7) is 9.72. The predicted molar refractivity (Wildman–Crippen MR) is 79.4 cm³/mol. The summed E-state index contributed by atoms with van der Waals surface area (Å²) >= 11 is 0. The number of hydrogen-bond acceptors (Lipinski definition) is 5. The summed E-state index contributed by atoms with van der Waals surface area (Å²) in [6.07, 6.45) is 3.25. The highest BCUT2D eigenvalue weighted by atomic mass is 28.4. The second-order valence-electron chi connectivity index (χ2n) is 3.89. The van der Waals surface area contributed by atoms with Gasteiger partial charge in [-0.1, -0.05) is 6.08 Å². The summed E-state index contributed by atoms with van der Waals surface area (Å²) in [5.74, 6) is 0. The molecule has 0 aromatic rings. The van der Waals surface area contributed by atoms with E-state index in [1.165, 1.54) is 6.26 Å². The Morgan fingerprint density at radius 1 is 1.10 bits per heavy atom. The van der Waals surface area contributed by atoms with Gasteiger partial charge in [0.05, 0.1) is 6.26 Å². The molecule has 0 spiro atoms. The second-order valence-corrected chi connectivity index (χ2v) is 6.62. The van der Waals surface area contributed by atoms with Gasteiger partial charge in [-0.3, -0.25) is 0 Å². The molecule has 0 saturated carbocycles. The zero-order chi connectivity index (χ0) is 15.3. The molecule has 0 atom stereocenters. The number of allylic oxidation sites excluding steroid dienone is 1. The molecular weight excluding hydrogens is 278 g/mol. The summed E-state index contributed by atoms with van der Waals surface area (Å²) in [5, 5.41) is 2.66. The molecule has 0 heterocycles. The van der Waals surface area contributed by atoms with Gasteiger partial charge in [0.25, 0.3) is 0 Å². The topological polar surface area (TPSA) is 66.0 Å². The van der Waals surface area contributed by atoms with Crippen LogP contribution in [0.1, 0.15) is 34.1 Å². The summed E-state index contributed by atoms with van der Waals surface area (Å²) in [4.78, 5) is 11.2. The summed E-state index contributed by atoms with van der Waals surface area (Å²) in [6, 6.07) is 0.673. The minimum absolute atomic E-state index is 0.459. The van der Waals surface area contributed by atoms with Crippen molar-refractivity contribution in [2.45, 2.75) is 40.2 Å². The summed E-state index contributed by atoms with van der Waals surface area (Å²) in [7, 11) is -2.60. The molecule has 7 heteroatoms. The van der Waals surface area contributed by atoms with Crippen LogP contribution in [0, 0.1) is 0 Å².